The fraction of sp³-hybridized carbons (Fsp3) is 1.00. The Hall–Kier alpha value is -0.0800. The lowest BCUT2D eigenvalue weighted by Crippen LogP contribution is -2.12. The molecule has 6 heavy (non-hydrogen) atoms. The summed E-state index contributed by atoms with van der Waals surface area (Å²) in [6.07, 6.45) is 1.08. The minimum absolute atomic E-state index is 0. The first kappa shape index (κ1) is 5.92. The van der Waals surface area contributed by atoms with Gasteiger partial charge in [0.15, 0.2) is 0 Å². The van der Waals surface area contributed by atoms with Crippen LogP contribution in [0.25, 0.3) is 0 Å². The lowest BCUT2D eigenvalue weighted by molar-refractivity contribution is 0.733. The van der Waals surface area contributed by atoms with Gasteiger partial charge in [-0.1, -0.05) is 0 Å². The molecule has 2 heteroatoms. The van der Waals surface area contributed by atoms with Crippen molar-refractivity contribution < 1.29 is 2.85 Å². The summed E-state index contributed by atoms with van der Waals surface area (Å²) in [7, 11) is 1.93. The van der Waals surface area contributed by atoms with E-state index >= 15 is 0 Å². The topological polar surface area (TPSA) is 38.0 Å². The first-order valence-corrected chi connectivity index (χ1v) is 2.26. The third kappa shape index (κ3) is 3.92. The molecule has 2 nitrogen and oxygen atoms in total. The van der Waals surface area contributed by atoms with Crippen molar-refractivity contribution in [3.63, 3.8) is 0 Å². The molecule has 0 spiro atoms. The van der Waals surface area contributed by atoms with Gasteiger partial charge in [0.05, 0.1) is 0 Å². The van der Waals surface area contributed by atoms with Crippen molar-refractivity contribution in [2.45, 2.75) is 6.42 Å². The molecular formula is C4H16N2. The minimum Gasteiger partial charge on any atom is -0.330 e. The average molecular weight is 92.2 g/mol. The van der Waals surface area contributed by atoms with E-state index in [1.54, 1.807) is 0 Å². The molecule has 0 atom stereocenters. The monoisotopic (exact) mass is 92.1 g/mol. The van der Waals surface area contributed by atoms with E-state index in [-0.39, 0.29) is 2.85 Å². The van der Waals surface area contributed by atoms with Crippen molar-refractivity contribution in [1.29, 1.82) is 0 Å². The van der Waals surface area contributed by atoms with Gasteiger partial charge in [0.25, 0.3) is 0 Å². The molecule has 0 amide bonds. The normalized spacial score (nSPS) is 9.00. The van der Waals surface area contributed by atoms with Crippen LogP contribution in [0.15, 0.2) is 0 Å². The van der Waals surface area contributed by atoms with Crippen molar-refractivity contribution >= 4 is 0 Å². The number of hydrogen-bond acceptors (Lipinski definition) is 2. The molecule has 0 aromatic rings. The van der Waals surface area contributed by atoms with Gasteiger partial charge in [-0.25, -0.2) is 0 Å². The Labute approximate surface area is 41.7 Å². The summed E-state index contributed by atoms with van der Waals surface area (Å²) < 4.78 is 0. The molecule has 0 rings (SSSR count). The molecule has 3 N–H and O–H groups in total. The smallest absolute Gasteiger partial charge is 0 e. The SMILES string of the molecule is CNCCCN.[HH].[HH]. The largest absolute Gasteiger partial charge is 0.330 e. The van der Waals surface area contributed by atoms with E-state index < -0.39 is 0 Å². The standard InChI is InChI=1S/C4H12N2.2H2/c1-6-4-2-3-5;;/h6H,2-5H2,1H3;2*1H. The molecule has 0 bridgehead atoms. The number of rotatable bonds is 3. The molecule has 42 valence electrons. The third-order valence-electron chi connectivity index (χ3n) is 0.631. The van der Waals surface area contributed by atoms with Gasteiger partial charge in [0.1, 0.15) is 0 Å². The predicted molar refractivity (Wildman–Crippen MR) is 31.8 cm³/mol. The maximum Gasteiger partial charge on any atom is 0 e. The quantitative estimate of drug-likeness (QED) is 0.483. The van der Waals surface area contributed by atoms with Gasteiger partial charge in [-0.05, 0) is 26.6 Å². The summed E-state index contributed by atoms with van der Waals surface area (Å²) in [4.78, 5) is 0. The van der Waals surface area contributed by atoms with Gasteiger partial charge in [-0.15, -0.1) is 0 Å². The number of nitrogens with two attached hydrogens (primary N) is 1. The molecule has 0 fully saturated rings. The van der Waals surface area contributed by atoms with E-state index in [4.69, 9.17) is 5.73 Å². The zero-order valence-electron chi connectivity index (χ0n) is 4.20. The van der Waals surface area contributed by atoms with Crippen LogP contribution in [0.5, 0.6) is 0 Å². The van der Waals surface area contributed by atoms with Gasteiger partial charge in [-0.3, -0.25) is 0 Å². The highest BCUT2D eigenvalue weighted by Gasteiger charge is 1.73. The Morgan fingerprint density at radius 3 is 2.67 bits per heavy atom. The molecule has 0 aromatic heterocycles. The molecule has 0 aliphatic carbocycles. The summed E-state index contributed by atoms with van der Waals surface area (Å²) in [5, 5.41) is 2.99. The summed E-state index contributed by atoms with van der Waals surface area (Å²) in [6, 6.07) is 0. The lowest BCUT2D eigenvalue weighted by atomic mass is 10.4. The Kier molecular flexibility index (Phi) is 4.85. The molecule has 0 radical (unpaired) electrons. The molecule has 0 saturated carbocycles. The molecule has 0 aromatic carbocycles. The maximum absolute atomic E-state index is 5.17. The fourth-order valence-corrected chi connectivity index (χ4v) is 0.279. The molecule has 0 aliphatic heterocycles. The van der Waals surface area contributed by atoms with E-state index in [2.05, 4.69) is 5.32 Å². The number of hydrogen-bond donors (Lipinski definition) is 2. The molecule has 0 saturated heterocycles. The summed E-state index contributed by atoms with van der Waals surface area (Å²) >= 11 is 0. The second kappa shape index (κ2) is 4.92. The number of nitrogens with one attached hydrogen (secondary N) is 1. The van der Waals surface area contributed by atoms with E-state index in [1.165, 1.54) is 0 Å². The molecule has 0 aliphatic rings. The van der Waals surface area contributed by atoms with Crippen molar-refractivity contribution in [3.05, 3.63) is 0 Å². The Balaban J connectivity index is -0.000000125. The first-order chi connectivity index (χ1) is 2.91. The van der Waals surface area contributed by atoms with Crippen LogP contribution in [0.2, 0.25) is 0 Å². The van der Waals surface area contributed by atoms with E-state index in [9.17, 15) is 0 Å². The Bertz CT molecular complexity index is 24.0. The fourth-order valence-electron chi connectivity index (χ4n) is 0.279. The maximum atomic E-state index is 5.17. The van der Waals surface area contributed by atoms with Gasteiger partial charge in [0, 0.05) is 2.85 Å². The highest BCUT2D eigenvalue weighted by molar-refractivity contribution is 4.38. The van der Waals surface area contributed by atoms with Gasteiger partial charge < -0.3 is 11.1 Å². The minimum atomic E-state index is 0. The Morgan fingerprint density at radius 2 is 2.50 bits per heavy atom. The van der Waals surface area contributed by atoms with E-state index in [0.717, 1.165) is 19.5 Å². The van der Waals surface area contributed by atoms with Crippen LogP contribution in [0.3, 0.4) is 0 Å². The van der Waals surface area contributed by atoms with E-state index in [1.807, 2.05) is 7.05 Å². The summed E-state index contributed by atoms with van der Waals surface area (Å²) in [6.45, 7) is 1.83. The van der Waals surface area contributed by atoms with Crippen LogP contribution < -0.4 is 11.1 Å². The van der Waals surface area contributed by atoms with E-state index in [0.29, 0.717) is 0 Å². The first-order valence-electron chi connectivity index (χ1n) is 2.26. The van der Waals surface area contributed by atoms with Crippen LogP contribution >= 0.6 is 0 Å². The van der Waals surface area contributed by atoms with Crippen LogP contribution in [0.1, 0.15) is 9.27 Å². The van der Waals surface area contributed by atoms with Gasteiger partial charge >= 0.3 is 0 Å². The van der Waals surface area contributed by atoms with Gasteiger partial charge in [0.2, 0.25) is 0 Å². The zero-order valence-corrected chi connectivity index (χ0v) is 4.20. The van der Waals surface area contributed by atoms with Crippen LogP contribution in [0.4, 0.5) is 0 Å². The second-order valence-corrected chi connectivity index (χ2v) is 1.25. The van der Waals surface area contributed by atoms with Crippen LogP contribution in [-0.2, 0) is 0 Å². The van der Waals surface area contributed by atoms with Crippen molar-refractivity contribution in [2.75, 3.05) is 20.1 Å². The zero-order chi connectivity index (χ0) is 4.83. The highest BCUT2D eigenvalue weighted by atomic mass is 14.8. The van der Waals surface area contributed by atoms with Crippen molar-refractivity contribution in [3.8, 4) is 0 Å². The van der Waals surface area contributed by atoms with Crippen LogP contribution in [0, 0.1) is 0 Å². The molecule has 0 heterocycles. The third-order valence-corrected chi connectivity index (χ3v) is 0.631. The van der Waals surface area contributed by atoms with Crippen molar-refractivity contribution in [1.82, 2.24) is 5.32 Å². The van der Waals surface area contributed by atoms with Crippen molar-refractivity contribution in [2.24, 2.45) is 5.73 Å². The molecular weight excluding hydrogens is 76.1 g/mol. The van der Waals surface area contributed by atoms with Gasteiger partial charge in [-0.2, -0.15) is 0 Å². The van der Waals surface area contributed by atoms with Crippen LogP contribution in [-0.4, -0.2) is 20.1 Å². The highest BCUT2D eigenvalue weighted by Crippen LogP contribution is 1.63. The molecule has 0 unspecified atom stereocenters. The second-order valence-electron chi connectivity index (χ2n) is 1.25. The lowest BCUT2D eigenvalue weighted by Gasteiger charge is -1.90. The Morgan fingerprint density at radius 1 is 1.83 bits per heavy atom. The summed E-state index contributed by atoms with van der Waals surface area (Å²) in [5.74, 6) is 0. The predicted octanol–water partition coefficient (Wildman–Crippen LogP) is 0.0466. The average Bonchev–Trinajstić information content (AvgIpc) is 1.61. The summed E-state index contributed by atoms with van der Waals surface area (Å²) in [5.41, 5.74) is 5.17.